The molecular formula is C11H14OS. The zero-order valence-corrected chi connectivity index (χ0v) is 8.59. The zero-order valence-electron chi connectivity index (χ0n) is 7.70. The first-order valence-electron chi connectivity index (χ1n) is 4.30. The molecule has 0 spiro atoms. The molecule has 1 aromatic rings. The molecule has 1 rings (SSSR count). The second-order valence-electron chi connectivity index (χ2n) is 3.02. The standard InChI is InChI=1S/C11H14OS/c1-9-6-10(4-2-3-5-13)8-11(12)7-9/h2,4,6-8,12-13H,3,5H2,1H3. The summed E-state index contributed by atoms with van der Waals surface area (Å²) in [6, 6.07) is 5.53. The molecule has 13 heavy (non-hydrogen) atoms. The number of phenols is 1. The van der Waals surface area contributed by atoms with Crippen molar-refractivity contribution >= 4 is 18.7 Å². The Balaban J connectivity index is 2.77. The van der Waals surface area contributed by atoms with Crippen LogP contribution in [0.1, 0.15) is 17.5 Å². The van der Waals surface area contributed by atoms with Gasteiger partial charge in [-0.05, 0) is 42.4 Å². The molecule has 0 bridgehead atoms. The van der Waals surface area contributed by atoms with Crippen molar-refractivity contribution in [2.75, 3.05) is 5.75 Å². The molecule has 0 heterocycles. The first-order valence-corrected chi connectivity index (χ1v) is 4.93. The van der Waals surface area contributed by atoms with Gasteiger partial charge in [-0.2, -0.15) is 12.6 Å². The molecule has 0 atom stereocenters. The highest BCUT2D eigenvalue weighted by Gasteiger charge is 1.92. The SMILES string of the molecule is Cc1cc(O)cc(C=CCCS)c1. The minimum absolute atomic E-state index is 0.325. The van der Waals surface area contributed by atoms with Crippen LogP contribution in [0, 0.1) is 6.92 Å². The molecule has 0 aliphatic carbocycles. The third kappa shape index (κ3) is 3.55. The van der Waals surface area contributed by atoms with Gasteiger partial charge in [0.15, 0.2) is 0 Å². The second-order valence-corrected chi connectivity index (χ2v) is 3.46. The van der Waals surface area contributed by atoms with Crippen LogP contribution in [0.4, 0.5) is 0 Å². The fourth-order valence-electron chi connectivity index (χ4n) is 1.18. The lowest BCUT2D eigenvalue weighted by Crippen LogP contribution is -1.76. The van der Waals surface area contributed by atoms with Gasteiger partial charge in [0.05, 0.1) is 0 Å². The van der Waals surface area contributed by atoms with Crippen LogP contribution in [0.3, 0.4) is 0 Å². The molecule has 1 nitrogen and oxygen atoms in total. The molecule has 0 radical (unpaired) electrons. The molecule has 1 aromatic carbocycles. The highest BCUT2D eigenvalue weighted by molar-refractivity contribution is 7.80. The lowest BCUT2D eigenvalue weighted by atomic mass is 10.1. The Morgan fingerprint density at radius 2 is 2.15 bits per heavy atom. The van der Waals surface area contributed by atoms with Crippen molar-refractivity contribution in [1.82, 2.24) is 0 Å². The van der Waals surface area contributed by atoms with Crippen LogP contribution in [0.2, 0.25) is 0 Å². The summed E-state index contributed by atoms with van der Waals surface area (Å²) in [7, 11) is 0. The number of aryl methyl sites for hydroxylation is 1. The van der Waals surface area contributed by atoms with Crippen LogP contribution in [0.5, 0.6) is 5.75 Å². The quantitative estimate of drug-likeness (QED) is 0.709. The van der Waals surface area contributed by atoms with Crippen LogP contribution in [0.25, 0.3) is 6.08 Å². The summed E-state index contributed by atoms with van der Waals surface area (Å²) in [5.41, 5.74) is 2.12. The minimum Gasteiger partial charge on any atom is -0.508 e. The minimum atomic E-state index is 0.325. The van der Waals surface area contributed by atoms with E-state index in [0.29, 0.717) is 5.75 Å². The van der Waals surface area contributed by atoms with Crippen LogP contribution in [-0.2, 0) is 0 Å². The normalized spacial score (nSPS) is 10.9. The number of thiol groups is 1. The Hall–Kier alpha value is -0.890. The molecule has 0 saturated carbocycles. The average Bonchev–Trinajstić information content (AvgIpc) is 2.03. The van der Waals surface area contributed by atoms with E-state index in [2.05, 4.69) is 18.7 Å². The second kappa shape index (κ2) is 4.97. The van der Waals surface area contributed by atoms with E-state index in [1.165, 1.54) is 0 Å². The van der Waals surface area contributed by atoms with E-state index in [4.69, 9.17) is 0 Å². The van der Waals surface area contributed by atoms with Gasteiger partial charge in [-0.15, -0.1) is 0 Å². The number of hydrogen-bond donors (Lipinski definition) is 2. The van der Waals surface area contributed by atoms with Crippen molar-refractivity contribution in [2.24, 2.45) is 0 Å². The Morgan fingerprint density at radius 3 is 2.77 bits per heavy atom. The summed E-state index contributed by atoms with van der Waals surface area (Å²) >= 11 is 4.11. The van der Waals surface area contributed by atoms with E-state index in [-0.39, 0.29) is 0 Å². The van der Waals surface area contributed by atoms with Gasteiger partial charge in [-0.3, -0.25) is 0 Å². The van der Waals surface area contributed by atoms with E-state index in [1.807, 2.05) is 19.1 Å². The molecule has 0 fully saturated rings. The van der Waals surface area contributed by atoms with Crippen LogP contribution < -0.4 is 0 Å². The molecule has 0 amide bonds. The highest BCUT2D eigenvalue weighted by atomic mass is 32.1. The van der Waals surface area contributed by atoms with Crippen molar-refractivity contribution in [3.05, 3.63) is 35.4 Å². The van der Waals surface area contributed by atoms with E-state index < -0.39 is 0 Å². The zero-order chi connectivity index (χ0) is 9.68. The molecule has 2 heteroatoms. The molecule has 0 aliphatic rings. The maximum Gasteiger partial charge on any atom is 0.116 e. The molecule has 70 valence electrons. The fourth-order valence-corrected chi connectivity index (χ4v) is 1.33. The van der Waals surface area contributed by atoms with Crippen molar-refractivity contribution in [2.45, 2.75) is 13.3 Å². The number of hydrogen-bond acceptors (Lipinski definition) is 2. The van der Waals surface area contributed by atoms with Gasteiger partial charge in [0.1, 0.15) is 5.75 Å². The Labute approximate surface area is 84.5 Å². The summed E-state index contributed by atoms with van der Waals surface area (Å²) in [6.45, 7) is 1.97. The van der Waals surface area contributed by atoms with Gasteiger partial charge in [-0.25, -0.2) is 0 Å². The van der Waals surface area contributed by atoms with Gasteiger partial charge in [0.25, 0.3) is 0 Å². The molecule has 0 unspecified atom stereocenters. The van der Waals surface area contributed by atoms with Crippen LogP contribution >= 0.6 is 12.6 Å². The molecular weight excluding hydrogens is 180 g/mol. The Kier molecular flexibility index (Phi) is 3.90. The maximum absolute atomic E-state index is 9.30. The summed E-state index contributed by atoms with van der Waals surface area (Å²) in [5, 5.41) is 9.30. The van der Waals surface area contributed by atoms with Crippen molar-refractivity contribution in [1.29, 1.82) is 0 Å². The van der Waals surface area contributed by atoms with Gasteiger partial charge in [0, 0.05) is 0 Å². The molecule has 1 N–H and O–H groups in total. The lowest BCUT2D eigenvalue weighted by Gasteiger charge is -1.98. The molecule has 0 aromatic heterocycles. The highest BCUT2D eigenvalue weighted by Crippen LogP contribution is 2.16. The topological polar surface area (TPSA) is 20.2 Å². The number of rotatable bonds is 3. The van der Waals surface area contributed by atoms with Gasteiger partial charge in [0.2, 0.25) is 0 Å². The first-order chi connectivity index (χ1) is 6.22. The monoisotopic (exact) mass is 194 g/mol. The largest absolute Gasteiger partial charge is 0.508 e. The summed E-state index contributed by atoms with van der Waals surface area (Å²) in [4.78, 5) is 0. The van der Waals surface area contributed by atoms with E-state index in [9.17, 15) is 5.11 Å². The molecule has 0 aliphatic heterocycles. The van der Waals surface area contributed by atoms with Crippen molar-refractivity contribution in [3.8, 4) is 5.75 Å². The number of phenolic OH excluding ortho intramolecular Hbond substituents is 1. The average molecular weight is 194 g/mol. The smallest absolute Gasteiger partial charge is 0.116 e. The predicted molar refractivity (Wildman–Crippen MR) is 60.3 cm³/mol. The van der Waals surface area contributed by atoms with Gasteiger partial charge < -0.3 is 5.11 Å². The number of allylic oxidation sites excluding steroid dienone is 1. The third-order valence-corrected chi connectivity index (χ3v) is 1.95. The lowest BCUT2D eigenvalue weighted by molar-refractivity contribution is 0.475. The van der Waals surface area contributed by atoms with Gasteiger partial charge in [-0.1, -0.05) is 18.2 Å². The summed E-state index contributed by atoms with van der Waals surface area (Å²) in [6.07, 6.45) is 5.02. The van der Waals surface area contributed by atoms with Gasteiger partial charge >= 0.3 is 0 Å². The molecule has 0 saturated heterocycles. The van der Waals surface area contributed by atoms with Crippen molar-refractivity contribution < 1.29 is 5.11 Å². The van der Waals surface area contributed by atoms with Crippen molar-refractivity contribution in [3.63, 3.8) is 0 Å². The summed E-state index contributed by atoms with van der Waals surface area (Å²) in [5.74, 6) is 1.18. The maximum atomic E-state index is 9.30. The number of benzene rings is 1. The van der Waals surface area contributed by atoms with Crippen LogP contribution in [0.15, 0.2) is 24.3 Å². The third-order valence-electron chi connectivity index (χ3n) is 1.69. The van der Waals surface area contributed by atoms with Crippen LogP contribution in [-0.4, -0.2) is 10.9 Å². The summed E-state index contributed by atoms with van der Waals surface area (Å²) < 4.78 is 0. The Morgan fingerprint density at radius 1 is 1.38 bits per heavy atom. The van der Waals surface area contributed by atoms with E-state index in [0.717, 1.165) is 23.3 Å². The van der Waals surface area contributed by atoms with E-state index >= 15 is 0 Å². The Bertz CT molecular complexity index is 285. The van der Waals surface area contributed by atoms with E-state index in [1.54, 1.807) is 12.1 Å². The number of aromatic hydroxyl groups is 1. The first kappa shape index (κ1) is 10.2. The predicted octanol–water partition coefficient (Wildman–Crippen LogP) is 3.03. The fraction of sp³-hybridized carbons (Fsp3) is 0.273.